The lowest BCUT2D eigenvalue weighted by Gasteiger charge is -2.39. The average molecular weight is 677 g/mol. The van der Waals surface area contributed by atoms with E-state index in [4.69, 9.17) is 0 Å². The minimum absolute atomic E-state index is 0.0507. The second-order valence-electron chi connectivity index (χ2n) is 15.4. The topological polar surface area (TPSA) is 41.8 Å². The summed E-state index contributed by atoms with van der Waals surface area (Å²) in [5.74, 6) is 0.985. The summed E-state index contributed by atoms with van der Waals surface area (Å²) in [7, 11) is 0. The Morgan fingerprint density at radius 1 is 0.500 bits per heavy atom. The highest BCUT2D eigenvalue weighted by molar-refractivity contribution is 6.98. The molecule has 0 spiro atoms. The molecular formula is C47H41BN2O2. The predicted molar refractivity (Wildman–Crippen MR) is 222 cm³/mol. The van der Waals surface area contributed by atoms with E-state index in [1.54, 1.807) is 0 Å². The van der Waals surface area contributed by atoms with Gasteiger partial charge in [-0.05, 0) is 93.9 Å². The predicted octanol–water partition coefficient (Wildman–Crippen LogP) is 9.23. The van der Waals surface area contributed by atoms with Crippen LogP contribution in [0.5, 0.6) is 0 Å². The van der Waals surface area contributed by atoms with E-state index in [1.807, 2.05) is 42.5 Å². The lowest BCUT2D eigenvalue weighted by atomic mass is 9.33. The van der Waals surface area contributed by atoms with Gasteiger partial charge in [-0.25, -0.2) is 0 Å². The Morgan fingerprint density at radius 2 is 1.10 bits per heavy atom. The highest BCUT2D eigenvalue weighted by Gasteiger charge is 2.39. The van der Waals surface area contributed by atoms with E-state index in [-0.39, 0.29) is 17.6 Å². The molecule has 6 aromatic carbocycles. The van der Waals surface area contributed by atoms with E-state index in [9.17, 15) is 9.59 Å². The minimum atomic E-state index is -0.108. The van der Waals surface area contributed by atoms with Crippen LogP contribution in [0, 0.1) is 0 Å². The van der Waals surface area contributed by atoms with Gasteiger partial charge in [0.05, 0.1) is 16.6 Å². The van der Waals surface area contributed by atoms with Gasteiger partial charge in [-0.1, -0.05) is 120 Å². The maximum Gasteiger partial charge on any atom is 0.247 e. The van der Waals surface area contributed by atoms with Gasteiger partial charge in [-0.2, -0.15) is 0 Å². The lowest BCUT2D eigenvalue weighted by molar-refractivity contribution is 0.812. The van der Waals surface area contributed by atoms with Gasteiger partial charge in [0.25, 0.3) is 0 Å². The fourth-order valence-corrected chi connectivity index (χ4v) is 8.80. The number of aromatic nitrogens is 1. The third kappa shape index (κ3) is 4.61. The monoisotopic (exact) mass is 676 g/mol. The van der Waals surface area contributed by atoms with Gasteiger partial charge in [-0.15, -0.1) is 0 Å². The van der Waals surface area contributed by atoms with Crippen molar-refractivity contribution in [2.75, 3.05) is 4.90 Å². The SMILES string of the molecule is CC(C)c1cc(C(C)C)c(B2c3ccccc3N(c3ccccc3)c3cc4c(cc32)c(=O)c2cccc3c(=O)c5ccccc5n4c32)c(C(C)C)c1. The minimum Gasteiger partial charge on any atom is -0.311 e. The summed E-state index contributed by atoms with van der Waals surface area (Å²) in [6, 6.07) is 41.9. The van der Waals surface area contributed by atoms with E-state index in [0.717, 1.165) is 33.6 Å². The van der Waals surface area contributed by atoms with Crippen molar-refractivity contribution < 1.29 is 0 Å². The summed E-state index contributed by atoms with van der Waals surface area (Å²) >= 11 is 0. The molecule has 2 aromatic heterocycles. The molecule has 8 aromatic rings. The third-order valence-corrected chi connectivity index (χ3v) is 11.3. The number of anilines is 3. The Morgan fingerprint density at radius 3 is 1.77 bits per heavy atom. The molecule has 0 radical (unpaired) electrons. The Kier molecular flexibility index (Phi) is 7.41. The van der Waals surface area contributed by atoms with Crippen LogP contribution >= 0.6 is 0 Å². The molecule has 9 rings (SSSR count). The quantitative estimate of drug-likeness (QED) is 0.104. The highest BCUT2D eigenvalue weighted by Crippen LogP contribution is 2.39. The largest absolute Gasteiger partial charge is 0.311 e. The fourth-order valence-electron chi connectivity index (χ4n) is 8.80. The Balaban J connectivity index is 1.50. The number of nitrogens with zero attached hydrogens (tertiary/aromatic N) is 2. The van der Waals surface area contributed by atoms with Crippen LogP contribution in [0.1, 0.15) is 76.0 Å². The first kappa shape index (κ1) is 32.2. The number of para-hydroxylation sites is 4. The number of hydrogen-bond acceptors (Lipinski definition) is 3. The van der Waals surface area contributed by atoms with Gasteiger partial charge in [0.2, 0.25) is 6.71 Å². The lowest BCUT2D eigenvalue weighted by Crippen LogP contribution is -2.59. The van der Waals surface area contributed by atoms with Crippen molar-refractivity contribution in [2.45, 2.75) is 59.3 Å². The average Bonchev–Trinajstić information content (AvgIpc) is 3.16. The third-order valence-electron chi connectivity index (χ3n) is 11.3. The maximum absolute atomic E-state index is 14.8. The van der Waals surface area contributed by atoms with Crippen LogP contribution in [-0.4, -0.2) is 11.1 Å². The van der Waals surface area contributed by atoms with Gasteiger partial charge in [-0.3, -0.25) is 9.59 Å². The van der Waals surface area contributed by atoms with Crippen molar-refractivity contribution in [3.63, 3.8) is 0 Å². The number of fused-ring (bicyclic) bond motifs is 6. The first-order chi connectivity index (χ1) is 25.2. The maximum atomic E-state index is 14.8. The summed E-state index contributed by atoms with van der Waals surface area (Å²) in [5.41, 5.74) is 13.1. The molecule has 3 heterocycles. The van der Waals surface area contributed by atoms with Gasteiger partial charge in [0, 0.05) is 38.6 Å². The molecule has 0 amide bonds. The van der Waals surface area contributed by atoms with E-state index in [2.05, 4.69) is 130 Å². The van der Waals surface area contributed by atoms with Crippen LogP contribution in [0.15, 0.2) is 131 Å². The fraction of sp³-hybridized carbons (Fsp3) is 0.191. The van der Waals surface area contributed by atoms with Crippen molar-refractivity contribution in [1.29, 1.82) is 0 Å². The molecule has 0 aliphatic carbocycles. The first-order valence-corrected chi connectivity index (χ1v) is 18.6. The zero-order valence-electron chi connectivity index (χ0n) is 30.6. The molecule has 0 saturated carbocycles. The smallest absolute Gasteiger partial charge is 0.247 e. The van der Waals surface area contributed by atoms with Crippen molar-refractivity contribution >= 4 is 78.3 Å². The summed E-state index contributed by atoms with van der Waals surface area (Å²) < 4.78 is 2.16. The molecule has 0 unspecified atom stereocenters. The normalized spacial score (nSPS) is 13.0. The van der Waals surface area contributed by atoms with Gasteiger partial charge >= 0.3 is 0 Å². The second-order valence-corrected chi connectivity index (χ2v) is 15.4. The van der Waals surface area contributed by atoms with Gasteiger partial charge < -0.3 is 9.30 Å². The number of benzene rings is 6. The standard InChI is InChI=1S/C47H41BN2O2/c1-27(2)30-23-35(28(3)4)44(36(24-30)29(5)6)48-38-20-11-13-22-41(38)49(31-15-8-7-9-16-31)43-26-42-37(25-39(43)48)47(52)34-19-14-18-33-45(34)50(42)40-21-12-10-17-32(40)46(33)51/h7-29H,1-6H3. The second kappa shape index (κ2) is 11.9. The summed E-state index contributed by atoms with van der Waals surface area (Å²) in [4.78, 5) is 31.0. The molecule has 52 heavy (non-hydrogen) atoms. The van der Waals surface area contributed by atoms with E-state index in [1.165, 1.54) is 27.6 Å². The van der Waals surface area contributed by atoms with Crippen LogP contribution in [0.4, 0.5) is 17.1 Å². The van der Waals surface area contributed by atoms with Crippen LogP contribution in [0.3, 0.4) is 0 Å². The molecule has 0 N–H and O–H groups in total. The van der Waals surface area contributed by atoms with Gasteiger partial charge in [0.15, 0.2) is 10.9 Å². The molecule has 254 valence electrons. The zero-order chi connectivity index (χ0) is 36.0. The molecule has 0 atom stereocenters. The summed E-state index contributed by atoms with van der Waals surface area (Å²) in [6.45, 7) is 13.7. The molecule has 4 nitrogen and oxygen atoms in total. The Bertz CT molecular complexity index is 2810. The molecular weight excluding hydrogens is 635 g/mol. The molecule has 1 aliphatic heterocycles. The zero-order valence-corrected chi connectivity index (χ0v) is 30.6. The van der Waals surface area contributed by atoms with Gasteiger partial charge in [0.1, 0.15) is 0 Å². The molecule has 1 aliphatic rings. The number of pyridine rings is 2. The molecule has 5 heteroatoms. The van der Waals surface area contributed by atoms with Crippen LogP contribution < -0.4 is 32.1 Å². The van der Waals surface area contributed by atoms with Crippen molar-refractivity contribution in [3.8, 4) is 0 Å². The Labute approximate surface area is 304 Å². The highest BCUT2D eigenvalue weighted by atomic mass is 16.1. The van der Waals surface area contributed by atoms with Crippen molar-refractivity contribution in [1.82, 2.24) is 4.40 Å². The molecule has 0 saturated heterocycles. The number of hydrogen-bond donors (Lipinski definition) is 0. The summed E-state index contributed by atoms with van der Waals surface area (Å²) in [6.07, 6.45) is 0. The Hall–Kier alpha value is -5.68. The van der Waals surface area contributed by atoms with Crippen molar-refractivity contribution in [2.24, 2.45) is 0 Å². The van der Waals surface area contributed by atoms with E-state index >= 15 is 0 Å². The van der Waals surface area contributed by atoms with Crippen LogP contribution in [0.2, 0.25) is 0 Å². The van der Waals surface area contributed by atoms with E-state index in [0.29, 0.717) is 44.8 Å². The number of rotatable bonds is 5. The summed E-state index contributed by atoms with van der Waals surface area (Å²) in [5, 5.41) is 2.42. The van der Waals surface area contributed by atoms with E-state index < -0.39 is 0 Å². The van der Waals surface area contributed by atoms with Crippen LogP contribution in [-0.2, 0) is 0 Å². The first-order valence-electron chi connectivity index (χ1n) is 18.6. The van der Waals surface area contributed by atoms with Crippen molar-refractivity contribution in [3.05, 3.63) is 158 Å². The van der Waals surface area contributed by atoms with Crippen LogP contribution in [0.25, 0.3) is 38.1 Å². The molecule has 0 fully saturated rings. The molecule has 0 bridgehead atoms.